The van der Waals surface area contributed by atoms with E-state index in [1.165, 1.54) is 23.2 Å². The first-order chi connectivity index (χ1) is 7.31. The average Bonchev–Trinajstić information content (AvgIpc) is 2.30. The number of hydrogen-bond donors (Lipinski definition) is 0. The Morgan fingerprint density at radius 3 is 2.53 bits per heavy atom. The number of benzene rings is 1. The van der Waals surface area contributed by atoms with Gasteiger partial charge in [-0.15, -0.1) is 0 Å². The molecule has 0 N–H and O–H groups in total. The number of hydrogen-bond acceptors (Lipinski definition) is 3. The van der Waals surface area contributed by atoms with E-state index in [1.807, 2.05) is 12.1 Å². The highest BCUT2D eigenvalue weighted by Crippen LogP contribution is 2.12. The van der Waals surface area contributed by atoms with Gasteiger partial charge in [-0.1, -0.05) is 0 Å². The Balaban J connectivity index is 2.46. The molecule has 0 saturated heterocycles. The molecule has 0 aliphatic heterocycles. The Kier molecular flexibility index (Phi) is 2.49. The van der Waals surface area contributed by atoms with Gasteiger partial charge >= 0.3 is 0 Å². The summed E-state index contributed by atoms with van der Waals surface area (Å²) < 4.78 is 6.50. The molecule has 0 amide bonds. The Morgan fingerprint density at radius 2 is 1.93 bits per heavy atom. The zero-order valence-corrected chi connectivity index (χ0v) is 8.25. The highest BCUT2D eigenvalue weighted by Gasteiger charge is 1.98. The lowest BCUT2D eigenvalue weighted by Crippen LogP contribution is -2.16. The van der Waals surface area contributed by atoms with Gasteiger partial charge in [0, 0.05) is 12.3 Å². The lowest BCUT2D eigenvalue weighted by atomic mass is 10.3. The van der Waals surface area contributed by atoms with Crippen molar-refractivity contribution in [2.45, 2.75) is 0 Å². The first-order valence-corrected chi connectivity index (χ1v) is 4.48. The number of ether oxygens (including phenoxy) is 1. The molecule has 15 heavy (non-hydrogen) atoms. The Labute approximate surface area is 86.8 Å². The van der Waals surface area contributed by atoms with E-state index in [1.54, 1.807) is 19.2 Å². The van der Waals surface area contributed by atoms with Crippen LogP contribution in [0.25, 0.3) is 5.69 Å². The van der Waals surface area contributed by atoms with Crippen LogP contribution in [0, 0.1) is 0 Å². The normalized spacial score (nSPS) is 9.93. The second kappa shape index (κ2) is 3.96. The second-order valence-corrected chi connectivity index (χ2v) is 2.99. The molecule has 4 heteroatoms. The van der Waals surface area contributed by atoms with Crippen LogP contribution in [0.5, 0.6) is 5.75 Å². The summed E-state index contributed by atoms with van der Waals surface area (Å²) in [7, 11) is 1.60. The van der Waals surface area contributed by atoms with Crippen molar-refractivity contribution >= 4 is 0 Å². The van der Waals surface area contributed by atoms with Gasteiger partial charge in [0.25, 0.3) is 5.56 Å². The van der Waals surface area contributed by atoms with Crippen molar-refractivity contribution in [1.29, 1.82) is 0 Å². The maximum Gasteiger partial charge on any atom is 0.257 e. The van der Waals surface area contributed by atoms with Gasteiger partial charge in [-0.3, -0.25) is 9.36 Å². The summed E-state index contributed by atoms with van der Waals surface area (Å²) in [5.41, 5.74) is 0.670. The van der Waals surface area contributed by atoms with Gasteiger partial charge in [-0.05, 0) is 24.3 Å². The van der Waals surface area contributed by atoms with Crippen LogP contribution in [0.1, 0.15) is 0 Å². The molecular weight excluding hydrogens is 192 g/mol. The third-order valence-electron chi connectivity index (χ3n) is 2.07. The molecule has 1 aromatic heterocycles. The Morgan fingerprint density at radius 1 is 1.20 bits per heavy atom. The minimum Gasteiger partial charge on any atom is -0.497 e. The van der Waals surface area contributed by atoms with Crippen molar-refractivity contribution in [3.63, 3.8) is 0 Å². The third kappa shape index (κ3) is 1.88. The minimum atomic E-state index is -0.102. The van der Waals surface area contributed by atoms with Crippen LogP contribution in [-0.2, 0) is 0 Å². The predicted octanol–water partition coefficient (Wildman–Crippen LogP) is 1.24. The van der Waals surface area contributed by atoms with E-state index in [-0.39, 0.29) is 5.56 Å². The van der Waals surface area contributed by atoms with Gasteiger partial charge in [-0.2, -0.15) is 0 Å². The quantitative estimate of drug-likeness (QED) is 0.736. The zero-order valence-electron chi connectivity index (χ0n) is 8.25. The molecule has 0 radical (unpaired) electrons. The van der Waals surface area contributed by atoms with Crippen molar-refractivity contribution in [3.05, 3.63) is 53.2 Å². The van der Waals surface area contributed by atoms with Crippen LogP contribution in [0.3, 0.4) is 0 Å². The Hall–Kier alpha value is -2.10. The highest BCUT2D eigenvalue weighted by molar-refractivity contribution is 5.37. The van der Waals surface area contributed by atoms with Gasteiger partial charge in [0.1, 0.15) is 12.1 Å². The van der Waals surface area contributed by atoms with Crippen molar-refractivity contribution in [3.8, 4) is 11.4 Å². The molecule has 76 valence electrons. The van der Waals surface area contributed by atoms with Gasteiger partial charge in [0.05, 0.1) is 12.8 Å². The molecule has 0 spiro atoms. The van der Waals surface area contributed by atoms with Crippen LogP contribution >= 0.6 is 0 Å². The van der Waals surface area contributed by atoms with Gasteiger partial charge < -0.3 is 4.74 Å². The second-order valence-electron chi connectivity index (χ2n) is 2.99. The van der Waals surface area contributed by atoms with Crippen molar-refractivity contribution < 1.29 is 4.74 Å². The summed E-state index contributed by atoms with van der Waals surface area (Å²) in [5, 5.41) is 0. The molecule has 1 aromatic carbocycles. The van der Waals surface area contributed by atoms with E-state index >= 15 is 0 Å². The maximum absolute atomic E-state index is 11.5. The molecule has 0 unspecified atom stereocenters. The van der Waals surface area contributed by atoms with Crippen molar-refractivity contribution in [1.82, 2.24) is 9.55 Å². The lowest BCUT2D eigenvalue weighted by molar-refractivity contribution is 0.414. The number of aromatic nitrogens is 2. The Bertz CT molecular complexity index is 502. The molecule has 1 heterocycles. The first-order valence-electron chi connectivity index (χ1n) is 4.48. The fraction of sp³-hybridized carbons (Fsp3) is 0.0909. The summed E-state index contributed by atoms with van der Waals surface area (Å²) in [4.78, 5) is 15.4. The van der Waals surface area contributed by atoms with E-state index in [0.717, 1.165) is 11.4 Å². The van der Waals surface area contributed by atoms with Gasteiger partial charge in [0.2, 0.25) is 0 Å². The fourth-order valence-electron chi connectivity index (χ4n) is 1.29. The summed E-state index contributed by atoms with van der Waals surface area (Å²) in [6.07, 6.45) is 2.96. The third-order valence-corrected chi connectivity index (χ3v) is 2.07. The number of methoxy groups -OCH3 is 1. The van der Waals surface area contributed by atoms with Crippen molar-refractivity contribution in [2.24, 2.45) is 0 Å². The summed E-state index contributed by atoms with van der Waals surface area (Å²) in [6, 6.07) is 8.64. The topological polar surface area (TPSA) is 44.1 Å². The van der Waals surface area contributed by atoms with Crippen LogP contribution in [0.15, 0.2) is 47.7 Å². The van der Waals surface area contributed by atoms with Crippen LogP contribution < -0.4 is 10.3 Å². The molecule has 2 aromatic rings. The SMILES string of the molecule is COc1ccc(-n2cnccc2=O)cc1. The average molecular weight is 202 g/mol. The minimum absolute atomic E-state index is 0.102. The summed E-state index contributed by atoms with van der Waals surface area (Å²) in [5.74, 6) is 0.760. The molecular formula is C11H10N2O2. The van der Waals surface area contributed by atoms with E-state index in [4.69, 9.17) is 4.74 Å². The molecule has 0 aliphatic rings. The summed E-state index contributed by atoms with van der Waals surface area (Å²) in [6.45, 7) is 0. The maximum atomic E-state index is 11.5. The monoisotopic (exact) mass is 202 g/mol. The number of nitrogens with zero attached hydrogens (tertiary/aromatic N) is 2. The van der Waals surface area contributed by atoms with E-state index in [0.29, 0.717) is 0 Å². The molecule has 0 aliphatic carbocycles. The molecule has 0 bridgehead atoms. The number of rotatable bonds is 2. The molecule has 0 saturated carbocycles. The highest BCUT2D eigenvalue weighted by atomic mass is 16.5. The van der Waals surface area contributed by atoms with E-state index in [2.05, 4.69) is 4.98 Å². The van der Waals surface area contributed by atoms with Crippen LogP contribution in [0.2, 0.25) is 0 Å². The zero-order chi connectivity index (χ0) is 10.7. The largest absolute Gasteiger partial charge is 0.497 e. The van der Waals surface area contributed by atoms with Crippen LogP contribution in [0.4, 0.5) is 0 Å². The van der Waals surface area contributed by atoms with Gasteiger partial charge in [0.15, 0.2) is 0 Å². The lowest BCUT2D eigenvalue weighted by Gasteiger charge is -2.04. The molecule has 0 atom stereocenters. The van der Waals surface area contributed by atoms with Crippen LogP contribution in [-0.4, -0.2) is 16.7 Å². The van der Waals surface area contributed by atoms with Gasteiger partial charge in [-0.25, -0.2) is 4.98 Å². The predicted molar refractivity (Wildman–Crippen MR) is 56.4 cm³/mol. The standard InChI is InChI=1S/C11H10N2O2/c1-15-10-4-2-9(3-5-10)13-8-12-7-6-11(13)14/h2-8H,1H3. The first kappa shape index (κ1) is 9.45. The van der Waals surface area contributed by atoms with Crippen molar-refractivity contribution in [2.75, 3.05) is 7.11 Å². The summed E-state index contributed by atoms with van der Waals surface area (Å²) >= 11 is 0. The van der Waals surface area contributed by atoms with E-state index in [9.17, 15) is 4.79 Å². The van der Waals surface area contributed by atoms with E-state index < -0.39 is 0 Å². The molecule has 0 fully saturated rings. The molecule has 4 nitrogen and oxygen atoms in total. The fourth-order valence-corrected chi connectivity index (χ4v) is 1.29. The molecule has 2 rings (SSSR count). The smallest absolute Gasteiger partial charge is 0.257 e.